The topological polar surface area (TPSA) is 62.2 Å². The summed E-state index contributed by atoms with van der Waals surface area (Å²) in [6.07, 6.45) is 1.77. The maximum Gasteiger partial charge on any atom is 0.308 e. The first-order chi connectivity index (χ1) is 8.59. The Labute approximate surface area is 106 Å². The van der Waals surface area contributed by atoms with Crippen molar-refractivity contribution in [3.63, 3.8) is 0 Å². The van der Waals surface area contributed by atoms with E-state index in [0.717, 1.165) is 22.2 Å². The molecule has 94 valence electrons. The molecule has 4 nitrogen and oxygen atoms in total. The number of hydrogen-bond donors (Lipinski definition) is 2. The maximum absolute atomic E-state index is 10.8. The number of aryl methyl sites for hydroxylation is 1. The van der Waals surface area contributed by atoms with Crippen LogP contribution in [0, 0.1) is 12.8 Å². The number of carboxylic acid groups (broad SMARTS) is 1. The highest BCUT2D eigenvalue weighted by Crippen LogP contribution is 2.23. The van der Waals surface area contributed by atoms with Gasteiger partial charge in [0.1, 0.15) is 0 Å². The number of carbonyl (C=O) groups is 1. The maximum atomic E-state index is 10.8. The van der Waals surface area contributed by atoms with E-state index in [-0.39, 0.29) is 0 Å². The number of pyridine rings is 1. The average molecular weight is 244 g/mol. The van der Waals surface area contributed by atoms with Gasteiger partial charge in [-0.15, -0.1) is 0 Å². The van der Waals surface area contributed by atoms with Crippen LogP contribution in [0.15, 0.2) is 30.5 Å². The molecule has 0 unspecified atom stereocenters. The summed E-state index contributed by atoms with van der Waals surface area (Å²) in [4.78, 5) is 15.1. The smallest absolute Gasteiger partial charge is 0.308 e. The first kappa shape index (κ1) is 12.4. The van der Waals surface area contributed by atoms with E-state index in [1.807, 2.05) is 31.2 Å². The van der Waals surface area contributed by atoms with Crippen molar-refractivity contribution in [2.24, 2.45) is 5.92 Å². The lowest BCUT2D eigenvalue weighted by molar-refractivity contribution is -0.140. The number of anilines is 1. The van der Waals surface area contributed by atoms with Crippen molar-refractivity contribution >= 4 is 22.6 Å². The van der Waals surface area contributed by atoms with E-state index in [2.05, 4.69) is 10.3 Å². The molecule has 0 amide bonds. The second-order valence-corrected chi connectivity index (χ2v) is 4.45. The van der Waals surface area contributed by atoms with Crippen molar-refractivity contribution in [1.29, 1.82) is 0 Å². The minimum atomic E-state index is -0.799. The van der Waals surface area contributed by atoms with Gasteiger partial charge in [-0.2, -0.15) is 0 Å². The van der Waals surface area contributed by atoms with E-state index in [1.165, 1.54) is 0 Å². The van der Waals surface area contributed by atoms with Crippen LogP contribution in [0.4, 0.5) is 5.69 Å². The minimum absolute atomic E-state index is 0.393. The molecule has 0 saturated heterocycles. The van der Waals surface area contributed by atoms with Crippen molar-refractivity contribution < 1.29 is 9.90 Å². The zero-order valence-corrected chi connectivity index (χ0v) is 10.5. The van der Waals surface area contributed by atoms with Gasteiger partial charge in [0.15, 0.2) is 0 Å². The number of para-hydroxylation sites is 1. The molecule has 0 bridgehead atoms. The summed E-state index contributed by atoms with van der Waals surface area (Å²) >= 11 is 0. The Hall–Kier alpha value is -2.10. The third kappa shape index (κ3) is 2.42. The molecule has 0 radical (unpaired) electrons. The van der Waals surface area contributed by atoms with E-state index in [0.29, 0.717) is 6.54 Å². The molecule has 0 saturated carbocycles. The fourth-order valence-corrected chi connectivity index (χ4v) is 1.81. The van der Waals surface area contributed by atoms with Crippen LogP contribution >= 0.6 is 0 Å². The third-order valence-corrected chi connectivity index (χ3v) is 3.01. The highest BCUT2D eigenvalue weighted by atomic mass is 16.4. The number of aliphatic carboxylic acids is 1. The van der Waals surface area contributed by atoms with E-state index in [4.69, 9.17) is 5.11 Å². The molecular weight excluding hydrogens is 228 g/mol. The average Bonchev–Trinajstić information content (AvgIpc) is 2.36. The van der Waals surface area contributed by atoms with Gasteiger partial charge in [0.2, 0.25) is 0 Å². The number of carboxylic acids is 1. The SMILES string of the molecule is Cc1ccnc2c(NC[C@H](C)C(=O)O)cccc12. The molecule has 0 fully saturated rings. The molecule has 4 heteroatoms. The summed E-state index contributed by atoms with van der Waals surface area (Å²) in [6.45, 7) is 4.11. The quantitative estimate of drug-likeness (QED) is 0.868. The molecule has 2 N–H and O–H groups in total. The summed E-state index contributed by atoms with van der Waals surface area (Å²) in [7, 11) is 0. The number of aromatic nitrogens is 1. The Morgan fingerprint density at radius 1 is 1.44 bits per heavy atom. The third-order valence-electron chi connectivity index (χ3n) is 3.01. The summed E-state index contributed by atoms with van der Waals surface area (Å²) in [5.41, 5.74) is 2.93. The molecule has 2 aromatic rings. The number of nitrogens with one attached hydrogen (secondary N) is 1. The second-order valence-electron chi connectivity index (χ2n) is 4.45. The molecule has 0 aliphatic carbocycles. The van der Waals surface area contributed by atoms with Gasteiger partial charge in [-0.3, -0.25) is 9.78 Å². The molecule has 0 spiro atoms. The fraction of sp³-hybridized carbons (Fsp3) is 0.286. The first-order valence-electron chi connectivity index (χ1n) is 5.90. The van der Waals surface area contributed by atoms with Gasteiger partial charge in [0, 0.05) is 18.1 Å². The molecule has 1 aromatic carbocycles. The molecular formula is C14H16N2O2. The van der Waals surface area contributed by atoms with E-state index in [9.17, 15) is 4.79 Å². The number of rotatable bonds is 4. The molecule has 0 aliphatic rings. The lowest BCUT2D eigenvalue weighted by atomic mass is 10.1. The molecule has 1 atom stereocenters. The lowest BCUT2D eigenvalue weighted by Crippen LogP contribution is -2.19. The summed E-state index contributed by atoms with van der Waals surface area (Å²) in [5, 5.41) is 13.1. The first-order valence-corrected chi connectivity index (χ1v) is 5.90. The van der Waals surface area contributed by atoms with Crippen molar-refractivity contribution in [2.75, 3.05) is 11.9 Å². The van der Waals surface area contributed by atoms with Gasteiger partial charge in [-0.1, -0.05) is 19.1 Å². The summed E-state index contributed by atoms with van der Waals surface area (Å²) in [6, 6.07) is 7.85. The lowest BCUT2D eigenvalue weighted by Gasteiger charge is -2.12. The second kappa shape index (κ2) is 5.04. The Morgan fingerprint density at radius 3 is 2.94 bits per heavy atom. The summed E-state index contributed by atoms with van der Waals surface area (Å²) in [5.74, 6) is -1.23. The Morgan fingerprint density at radius 2 is 2.22 bits per heavy atom. The van der Waals surface area contributed by atoms with Gasteiger partial charge in [-0.25, -0.2) is 0 Å². The van der Waals surface area contributed by atoms with Gasteiger partial charge in [0.05, 0.1) is 17.1 Å². The van der Waals surface area contributed by atoms with Crippen LogP contribution in [-0.4, -0.2) is 22.6 Å². The van der Waals surface area contributed by atoms with Gasteiger partial charge in [0.25, 0.3) is 0 Å². The standard InChI is InChI=1S/C14H16N2O2/c1-9-6-7-15-13-11(9)4-3-5-12(13)16-8-10(2)14(17)18/h3-7,10,16H,8H2,1-2H3,(H,17,18)/t10-/m0/s1. The number of fused-ring (bicyclic) bond motifs is 1. The predicted octanol–water partition coefficient (Wildman–Crippen LogP) is 2.68. The molecule has 1 heterocycles. The Balaban J connectivity index is 2.29. The highest BCUT2D eigenvalue weighted by molar-refractivity contribution is 5.92. The zero-order valence-electron chi connectivity index (χ0n) is 10.5. The van der Waals surface area contributed by atoms with Crippen LogP contribution in [0.1, 0.15) is 12.5 Å². The normalized spacial score (nSPS) is 12.3. The van der Waals surface area contributed by atoms with E-state index < -0.39 is 11.9 Å². The largest absolute Gasteiger partial charge is 0.481 e. The van der Waals surface area contributed by atoms with Crippen LogP contribution in [0.5, 0.6) is 0 Å². The molecule has 1 aromatic heterocycles. The zero-order chi connectivity index (χ0) is 13.1. The predicted molar refractivity (Wildman–Crippen MR) is 71.8 cm³/mol. The minimum Gasteiger partial charge on any atom is -0.481 e. The Kier molecular flexibility index (Phi) is 3.46. The van der Waals surface area contributed by atoms with Crippen LogP contribution < -0.4 is 5.32 Å². The highest BCUT2D eigenvalue weighted by Gasteiger charge is 2.11. The van der Waals surface area contributed by atoms with Crippen molar-refractivity contribution in [2.45, 2.75) is 13.8 Å². The van der Waals surface area contributed by atoms with Crippen LogP contribution in [-0.2, 0) is 4.79 Å². The van der Waals surface area contributed by atoms with Crippen LogP contribution in [0.2, 0.25) is 0 Å². The van der Waals surface area contributed by atoms with Gasteiger partial charge < -0.3 is 10.4 Å². The van der Waals surface area contributed by atoms with Gasteiger partial charge in [-0.05, 0) is 24.6 Å². The van der Waals surface area contributed by atoms with Crippen molar-refractivity contribution in [1.82, 2.24) is 4.98 Å². The Bertz CT molecular complexity index is 581. The molecule has 0 aliphatic heterocycles. The number of benzene rings is 1. The van der Waals surface area contributed by atoms with E-state index >= 15 is 0 Å². The molecule has 18 heavy (non-hydrogen) atoms. The molecule has 2 rings (SSSR count). The number of nitrogens with zero attached hydrogens (tertiary/aromatic N) is 1. The fourth-order valence-electron chi connectivity index (χ4n) is 1.81. The van der Waals surface area contributed by atoms with Crippen molar-refractivity contribution in [3.05, 3.63) is 36.0 Å². The van der Waals surface area contributed by atoms with Gasteiger partial charge >= 0.3 is 5.97 Å². The summed E-state index contributed by atoms with van der Waals surface area (Å²) < 4.78 is 0. The monoisotopic (exact) mass is 244 g/mol. The van der Waals surface area contributed by atoms with Crippen molar-refractivity contribution in [3.8, 4) is 0 Å². The van der Waals surface area contributed by atoms with E-state index in [1.54, 1.807) is 13.1 Å². The van der Waals surface area contributed by atoms with Crippen LogP contribution in [0.3, 0.4) is 0 Å². The van der Waals surface area contributed by atoms with Crippen LogP contribution in [0.25, 0.3) is 10.9 Å². The number of hydrogen-bond acceptors (Lipinski definition) is 3.